The summed E-state index contributed by atoms with van der Waals surface area (Å²) in [5.74, 6) is 0.370. The highest BCUT2D eigenvalue weighted by Crippen LogP contribution is 2.17. The largest absolute Gasteiger partial charge is 0.348 e. The second-order valence-corrected chi connectivity index (χ2v) is 7.20. The molecule has 144 valence electrons. The van der Waals surface area contributed by atoms with Crippen LogP contribution in [0.5, 0.6) is 0 Å². The number of H-pyrrole nitrogens is 1. The molecule has 0 bridgehead atoms. The third kappa shape index (κ3) is 5.43. The van der Waals surface area contributed by atoms with E-state index in [0.29, 0.717) is 28.8 Å². The Balaban J connectivity index is 1.59. The number of aromatic nitrogens is 3. The lowest BCUT2D eigenvalue weighted by Gasteiger charge is -2.11. The molecule has 3 rings (SSSR count). The number of aryl methyl sites for hydroxylation is 2. The van der Waals surface area contributed by atoms with Gasteiger partial charge >= 0.3 is 0 Å². The molecule has 0 saturated heterocycles. The second-order valence-electron chi connectivity index (χ2n) is 6.25. The van der Waals surface area contributed by atoms with Crippen LogP contribution in [0.1, 0.15) is 27.3 Å². The zero-order valence-electron chi connectivity index (χ0n) is 15.7. The van der Waals surface area contributed by atoms with Crippen molar-refractivity contribution in [1.29, 1.82) is 0 Å². The van der Waals surface area contributed by atoms with Gasteiger partial charge in [0, 0.05) is 6.54 Å². The van der Waals surface area contributed by atoms with Crippen molar-refractivity contribution in [1.82, 2.24) is 20.5 Å². The van der Waals surface area contributed by atoms with Crippen LogP contribution in [0.4, 0.5) is 5.69 Å². The number of carbonyl (C=O) groups is 2. The Morgan fingerprint density at radius 3 is 2.54 bits per heavy atom. The zero-order valence-corrected chi connectivity index (χ0v) is 16.5. The Labute approximate surface area is 167 Å². The molecule has 0 aliphatic carbocycles. The number of hydrogen-bond donors (Lipinski definition) is 3. The van der Waals surface area contributed by atoms with Gasteiger partial charge in [-0.15, -0.1) is 5.10 Å². The number of carbonyl (C=O) groups excluding carboxylic acids is 2. The van der Waals surface area contributed by atoms with Crippen molar-refractivity contribution in [3.8, 4) is 0 Å². The van der Waals surface area contributed by atoms with Crippen LogP contribution in [0.2, 0.25) is 0 Å². The van der Waals surface area contributed by atoms with E-state index in [-0.39, 0.29) is 17.6 Å². The summed E-state index contributed by atoms with van der Waals surface area (Å²) >= 11 is 1.23. The van der Waals surface area contributed by atoms with Gasteiger partial charge in [-0.05, 0) is 31.5 Å². The summed E-state index contributed by atoms with van der Waals surface area (Å²) in [7, 11) is 0. The van der Waals surface area contributed by atoms with Crippen molar-refractivity contribution in [2.75, 3.05) is 11.1 Å². The van der Waals surface area contributed by atoms with Crippen molar-refractivity contribution >= 4 is 29.3 Å². The Hall–Kier alpha value is -3.13. The molecule has 3 aromatic rings. The minimum Gasteiger partial charge on any atom is -0.348 e. The quantitative estimate of drug-likeness (QED) is 0.534. The Morgan fingerprint density at radius 2 is 1.82 bits per heavy atom. The number of para-hydroxylation sites is 1. The molecule has 0 spiro atoms. The van der Waals surface area contributed by atoms with Gasteiger partial charge < -0.3 is 10.6 Å². The Kier molecular flexibility index (Phi) is 6.44. The van der Waals surface area contributed by atoms with E-state index in [1.165, 1.54) is 17.3 Å². The molecule has 0 aliphatic rings. The van der Waals surface area contributed by atoms with Crippen molar-refractivity contribution in [2.24, 2.45) is 0 Å². The summed E-state index contributed by atoms with van der Waals surface area (Å²) in [6.45, 7) is 4.23. The van der Waals surface area contributed by atoms with Gasteiger partial charge in [0.05, 0.1) is 17.0 Å². The van der Waals surface area contributed by atoms with E-state index < -0.39 is 0 Å². The lowest BCUT2D eigenvalue weighted by Crippen LogP contribution is -2.25. The maximum Gasteiger partial charge on any atom is 0.253 e. The van der Waals surface area contributed by atoms with Crippen LogP contribution in [0, 0.1) is 13.8 Å². The first kappa shape index (κ1) is 19.6. The molecule has 3 N–H and O–H groups in total. The van der Waals surface area contributed by atoms with E-state index >= 15 is 0 Å². The summed E-state index contributed by atoms with van der Waals surface area (Å²) in [5, 5.41) is 12.9. The van der Waals surface area contributed by atoms with Gasteiger partial charge in [0.15, 0.2) is 0 Å². The number of hydrogen-bond acceptors (Lipinski definition) is 5. The van der Waals surface area contributed by atoms with Crippen LogP contribution in [-0.2, 0) is 11.3 Å². The number of thioether (sulfide) groups is 1. The van der Waals surface area contributed by atoms with Crippen LogP contribution in [0.25, 0.3) is 0 Å². The summed E-state index contributed by atoms with van der Waals surface area (Å²) in [4.78, 5) is 29.0. The Bertz CT molecular complexity index is 969. The van der Waals surface area contributed by atoms with Gasteiger partial charge in [0.1, 0.15) is 5.82 Å². The Morgan fingerprint density at radius 1 is 1.07 bits per heavy atom. The molecule has 2 aromatic carbocycles. The van der Waals surface area contributed by atoms with Gasteiger partial charge in [-0.1, -0.05) is 53.7 Å². The third-order valence-electron chi connectivity index (χ3n) is 3.93. The molecule has 1 heterocycles. The van der Waals surface area contributed by atoms with Crippen LogP contribution in [0.3, 0.4) is 0 Å². The van der Waals surface area contributed by atoms with Crippen molar-refractivity contribution in [3.63, 3.8) is 0 Å². The van der Waals surface area contributed by atoms with Crippen LogP contribution in [-0.4, -0.2) is 32.7 Å². The number of nitrogens with one attached hydrogen (secondary N) is 3. The predicted molar refractivity (Wildman–Crippen MR) is 109 cm³/mol. The van der Waals surface area contributed by atoms with Crippen molar-refractivity contribution in [2.45, 2.75) is 25.5 Å². The van der Waals surface area contributed by atoms with Gasteiger partial charge in [-0.25, -0.2) is 4.98 Å². The molecule has 7 nitrogen and oxygen atoms in total. The average molecular weight is 395 g/mol. The predicted octanol–water partition coefficient (Wildman–Crippen LogP) is 3.08. The average Bonchev–Trinajstić information content (AvgIpc) is 3.11. The third-order valence-corrected chi connectivity index (χ3v) is 4.78. The van der Waals surface area contributed by atoms with Crippen molar-refractivity contribution in [3.05, 3.63) is 71.0 Å². The minimum atomic E-state index is -0.242. The van der Waals surface area contributed by atoms with Crippen molar-refractivity contribution < 1.29 is 9.59 Å². The molecular weight excluding hydrogens is 374 g/mol. The summed E-state index contributed by atoms with van der Waals surface area (Å²) in [5.41, 5.74) is 3.07. The molecule has 2 amide bonds. The number of aromatic amines is 1. The maximum atomic E-state index is 12.6. The molecule has 8 heteroatoms. The van der Waals surface area contributed by atoms with Gasteiger partial charge in [0.2, 0.25) is 11.1 Å². The SMILES string of the molecule is Cc1ccc(CNC(=O)c2ccccc2NC(=O)CSc2n[nH]c(C)n2)cc1. The molecule has 0 fully saturated rings. The van der Waals surface area contributed by atoms with E-state index in [4.69, 9.17) is 0 Å². The molecule has 1 aromatic heterocycles. The van der Waals surface area contributed by atoms with Gasteiger partial charge in [-0.3, -0.25) is 14.7 Å². The molecular formula is C20H21N5O2S. The fourth-order valence-corrected chi connectivity index (χ4v) is 3.12. The molecule has 0 atom stereocenters. The number of anilines is 1. The van der Waals surface area contributed by atoms with E-state index in [9.17, 15) is 9.59 Å². The highest BCUT2D eigenvalue weighted by molar-refractivity contribution is 7.99. The summed E-state index contributed by atoms with van der Waals surface area (Å²) in [6, 6.07) is 14.9. The lowest BCUT2D eigenvalue weighted by molar-refractivity contribution is -0.113. The smallest absolute Gasteiger partial charge is 0.253 e. The first-order valence-electron chi connectivity index (χ1n) is 8.75. The first-order valence-corrected chi connectivity index (χ1v) is 9.74. The molecule has 0 unspecified atom stereocenters. The number of benzene rings is 2. The maximum absolute atomic E-state index is 12.6. The van der Waals surface area contributed by atoms with Crippen LogP contribution >= 0.6 is 11.8 Å². The topological polar surface area (TPSA) is 99.8 Å². The van der Waals surface area contributed by atoms with E-state index in [1.807, 2.05) is 31.2 Å². The van der Waals surface area contributed by atoms with Crippen LogP contribution in [0.15, 0.2) is 53.7 Å². The van der Waals surface area contributed by atoms with E-state index in [2.05, 4.69) is 25.8 Å². The number of nitrogens with zero attached hydrogens (tertiary/aromatic N) is 2. The first-order chi connectivity index (χ1) is 13.5. The number of amides is 2. The lowest BCUT2D eigenvalue weighted by atomic mass is 10.1. The fraction of sp³-hybridized carbons (Fsp3) is 0.200. The summed E-state index contributed by atoms with van der Waals surface area (Å²) in [6.07, 6.45) is 0. The minimum absolute atomic E-state index is 0.149. The second kappa shape index (κ2) is 9.18. The van der Waals surface area contributed by atoms with Crippen LogP contribution < -0.4 is 10.6 Å². The molecule has 0 saturated carbocycles. The standard InChI is InChI=1S/C20H21N5O2S/c1-13-7-9-15(10-8-13)11-21-19(27)16-5-3-4-6-17(16)23-18(26)12-28-20-22-14(2)24-25-20/h3-10H,11-12H2,1-2H3,(H,21,27)(H,23,26)(H,22,24,25). The van der Waals surface area contributed by atoms with Gasteiger partial charge in [0.25, 0.3) is 5.91 Å². The molecule has 28 heavy (non-hydrogen) atoms. The highest BCUT2D eigenvalue weighted by Gasteiger charge is 2.14. The monoisotopic (exact) mass is 395 g/mol. The summed E-state index contributed by atoms with van der Waals surface area (Å²) < 4.78 is 0. The molecule has 0 aliphatic heterocycles. The van der Waals surface area contributed by atoms with Gasteiger partial charge in [-0.2, -0.15) is 0 Å². The molecule has 0 radical (unpaired) electrons. The van der Waals surface area contributed by atoms with E-state index in [0.717, 1.165) is 5.56 Å². The zero-order chi connectivity index (χ0) is 19.9. The number of rotatable bonds is 7. The van der Waals surface area contributed by atoms with E-state index in [1.54, 1.807) is 31.2 Å². The highest BCUT2D eigenvalue weighted by atomic mass is 32.2. The normalized spacial score (nSPS) is 10.5. The fourth-order valence-electron chi connectivity index (χ4n) is 2.48.